The molecule has 7 heteroatoms. The highest BCUT2D eigenvalue weighted by Crippen LogP contribution is 2.33. The molecule has 3 aromatic rings. The molecule has 1 aliphatic rings. The van der Waals surface area contributed by atoms with Crippen LogP contribution in [-0.4, -0.2) is 25.8 Å². The summed E-state index contributed by atoms with van der Waals surface area (Å²) < 4.78 is 17.6. The first-order chi connectivity index (χ1) is 12.0. The Morgan fingerprint density at radius 2 is 2.04 bits per heavy atom. The number of benzene rings is 1. The number of rotatable bonds is 3. The van der Waals surface area contributed by atoms with E-state index in [0.717, 1.165) is 24.4 Å². The SMILES string of the molecule is C[C@@H]1c2ccsc2CCN1Cn1nc(-c2ccc(F)cc2)n(C)c1=S. The number of halogens is 1. The van der Waals surface area contributed by atoms with Gasteiger partial charge in [-0.25, -0.2) is 9.07 Å². The Morgan fingerprint density at radius 3 is 2.80 bits per heavy atom. The number of fused-ring (bicyclic) bond motifs is 1. The lowest BCUT2D eigenvalue weighted by Gasteiger charge is -2.33. The summed E-state index contributed by atoms with van der Waals surface area (Å²) in [7, 11) is 1.90. The van der Waals surface area contributed by atoms with Crippen LogP contribution < -0.4 is 0 Å². The molecule has 0 saturated heterocycles. The van der Waals surface area contributed by atoms with Gasteiger partial charge in [0.25, 0.3) is 0 Å². The summed E-state index contributed by atoms with van der Waals surface area (Å²) in [6, 6.07) is 8.94. The highest BCUT2D eigenvalue weighted by molar-refractivity contribution is 7.71. The lowest BCUT2D eigenvalue weighted by molar-refractivity contribution is 0.144. The van der Waals surface area contributed by atoms with Crippen molar-refractivity contribution in [3.8, 4) is 11.4 Å². The van der Waals surface area contributed by atoms with Crippen LogP contribution in [0.1, 0.15) is 23.4 Å². The van der Waals surface area contributed by atoms with Crippen LogP contribution in [0.3, 0.4) is 0 Å². The van der Waals surface area contributed by atoms with Crippen LogP contribution in [0.2, 0.25) is 0 Å². The number of aromatic nitrogens is 3. The molecule has 0 aliphatic carbocycles. The Hall–Kier alpha value is -1.83. The van der Waals surface area contributed by atoms with E-state index >= 15 is 0 Å². The van der Waals surface area contributed by atoms with Crippen LogP contribution in [-0.2, 0) is 20.1 Å². The lowest BCUT2D eigenvalue weighted by Crippen LogP contribution is -2.35. The van der Waals surface area contributed by atoms with Gasteiger partial charge in [0, 0.05) is 30.1 Å². The maximum atomic E-state index is 13.2. The Morgan fingerprint density at radius 1 is 1.28 bits per heavy atom. The molecule has 0 unspecified atom stereocenters. The summed E-state index contributed by atoms with van der Waals surface area (Å²) in [6.07, 6.45) is 1.07. The van der Waals surface area contributed by atoms with Crippen LogP contribution in [0, 0.1) is 10.6 Å². The summed E-state index contributed by atoms with van der Waals surface area (Å²) >= 11 is 7.41. The van der Waals surface area contributed by atoms with Crippen molar-refractivity contribution in [2.45, 2.75) is 26.1 Å². The zero-order chi connectivity index (χ0) is 17.6. The summed E-state index contributed by atoms with van der Waals surface area (Å²) in [5, 5.41) is 6.87. The van der Waals surface area contributed by atoms with Crippen molar-refractivity contribution in [2.75, 3.05) is 6.54 Å². The molecule has 0 radical (unpaired) electrons. The van der Waals surface area contributed by atoms with Gasteiger partial charge in [-0.3, -0.25) is 4.90 Å². The van der Waals surface area contributed by atoms with Crippen LogP contribution in [0.4, 0.5) is 4.39 Å². The van der Waals surface area contributed by atoms with Crippen molar-refractivity contribution in [1.29, 1.82) is 0 Å². The van der Waals surface area contributed by atoms with Crippen molar-refractivity contribution in [1.82, 2.24) is 19.2 Å². The maximum Gasteiger partial charge on any atom is 0.199 e. The highest BCUT2D eigenvalue weighted by atomic mass is 32.1. The fraction of sp³-hybridized carbons (Fsp3) is 0.333. The second-order valence-corrected chi connectivity index (χ2v) is 7.72. The van der Waals surface area contributed by atoms with Gasteiger partial charge in [-0.15, -0.1) is 11.3 Å². The van der Waals surface area contributed by atoms with E-state index < -0.39 is 0 Å². The number of hydrogen-bond donors (Lipinski definition) is 0. The third kappa shape index (κ3) is 2.96. The topological polar surface area (TPSA) is 26.0 Å². The molecular formula is C18H19FN4S2. The normalized spacial score (nSPS) is 17.6. The van der Waals surface area contributed by atoms with Gasteiger partial charge in [0.15, 0.2) is 10.6 Å². The van der Waals surface area contributed by atoms with Crippen molar-refractivity contribution >= 4 is 23.6 Å². The third-order valence-corrected chi connectivity index (χ3v) is 6.34. The van der Waals surface area contributed by atoms with Gasteiger partial charge in [-0.1, -0.05) is 0 Å². The van der Waals surface area contributed by atoms with Crippen molar-refractivity contribution in [2.24, 2.45) is 7.05 Å². The fourth-order valence-corrected chi connectivity index (χ4v) is 4.50. The predicted octanol–water partition coefficient (Wildman–Crippen LogP) is 4.40. The lowest BCUT2D eigenvalue weighted by atomic mass is 10.0. The van der Waals surface area contributed by atoms with E-state index in [1.54, 1.807) is 12.1 Å². The summed E-state index contributed by atoms with van der Waals surface area (Å²) in [5.74, 6) is 0.504. The summed E-state index contributed by atoms with van der Waals surface area (Å²) in [4.78, 5) is 3.88. The minimum atomic E-state index is -0.252. The average molecular weight is 375 g/mol. The smallest absolute Gasteiger partial charge is 0.199 e. The minimum absolute atomic E-state index is 0.252. The quantitative estimate of drug-likeness (QED) is 0.636. The Balaban J connectivity index is 1.63. The second-order valence-electron chi connectivity index (χ2n) is 6.35. The molecule has 3 heterocycles. The molecular weight excluding hydrogens is 355 g/mol. The highest BCUT2D eigenvalue weighted by Gasteiger charge is 2.25. The molecule has 0 saturated carbocycles. The predicted molar refractivity (Wildman–Crippen MR) is 101 cm³/mol. The van der Waals surface area contributed by atoms with E-state index in [2.05, 4.69) is 23.3 Å². The van der Waals surface area contributed by atoms with Crippen molar-refractivity contribution < 1.29 is 4.39 Å². The molecule has 4 rings (SSSR count). The van der Waals surface area contributed by atoms with E-state index in [0.29, 0.717) is 17.5 Å². The van der Waals surface area contributed by atoms with E-state index in [9.17, 15) is 4.39 Å². The van der Waals surface area contributed by atoms with Crippen LogP contribution >= 0.6 is 23.6 Å². The Labute approximate surface area is 155 Å². The molecule has 1 atom stereocenters. The molecule has 0 fully saturated rings. The van der Waals surface area contributed by atoms with Gasteiger partial charge in [0.05, 0.1) is 6.67 Å². The molecule has 1 aliphatic heterocycles. The Kier molecular flexibility index (Phi) is 4.31. The number of hydrogen-bond acceptors (Lipinski definition) is 4. The van der Waals surface area contributed by atoms with E-state index in [-0.39, 0.29) is 5.82 Å². The van der Waals surface area contributed by atoms with Gasteiger partial charge in [-0.2, -0.15) is 5.10 Å². The molecule has 1 aromatic carbocycles. The van der Waals surface area contributed by atoms with Crippen LogP contribution in [0.5, 0.6) is 0 Å². The molecule has 4 nitrogen and oxygen atoms in total. The fourth-order valence-electron chi connectivity index (χ4n) is 3.36. The zero-order valence-corrected chi connectivity index (χ0v) is 15.8. The monoisotopic (exact) mass is 374 g/mol. The van der Waals surface area contributed by atoms with Gasteiger partial charge >= 0.3 is 0 Å². The molecule has 0 N–H and O–H groups in total. The van der Waals surface area contributed by atoms with Gasteiger partial charge in [0.1, 0.15) is 5.82 Å². The number of nitrogens with zero attached hydrogens (tertiary/aromatic N) is 4. The molecule has 2 aromatic heterocycles. The molecule has 25 heavy (non-hydrogen) atoms. The van der Waals surface area contributed by atoms with Crippen LogP contribution in [0.15, 0.2) is 35.7 Å². The van der Waals surface area contributed by atoms with Gasteiger partial charge in [-0.05, 0) is 66.8 Å². The third-order valence-electron chi connectivity index (χ3n) is 4.86. The van der Waals surface area contributed by atoms with Crippen LogP contribution in [0.25, 0.3) is 11.4 Å². The van der Waals surface area contributed by atoms with Gasteiger partial charge < -0.3 is 4.57 Å². The zero-order valence-electron chi connectivity index (χ0n) is 14.1. The van der Waals surface area contributed by atoms with E-state index in [4.69, 9.17) is 17.3 Å². The molecule has 130 valence electrons. The van der Waals surface area contributed by atoms with E-state index in [1.165, 1.54) is 22.6 Å². The van der Waals surface area contributed by atoms with E-state index in [1.807, 2.05) is 27.6 Å². The summed E-state index contributed by atoms with van der Waals surface area (Å²) in [6.45, 7) is 3.89. The second kappa shape index (κ2) is 6.48. The first-order valence-electron chi connectivity index (χ1n) is 8.24. The van der Waals surface area contributed by atoms with Crippen molar-refractivity contribution in [3.63, 3.8) is 0 Å². The standard InChI is InChI=1S/C18H19FN4S2/c1-12-15-8-10-25-16(15)7-9-22(12)11-23-18(24)21(2)17(20-23)13-3-5-14(19)6-4-13/h3-6,8,10,12H,7,9,11H2,1-2H3/t12-/m1/s1. The Bertz CT molecular complexity index is 954. The van der Waals surface area contributed by atoms with Crippen molar-refractivity contribution in [3.05, 3.63) is 56.7 Å². The summed E-state index contributed by atoms with van der Waals surface area (Å²) in [5.41, 5.74) is 2.28. The maximum absolute atomic E-state index is 13.2. The molecule has 0 bridgehead atoms. The molecule has 0 spiro atoms. The number of thiophene rings is 1. The first-order valence-corrected chi connectivity index (χ1v) is 9.53. The average Bonchev–Trinajstić information content (AvgIpc) is 3.19. The molecule has 0 amide bonds. The largest absolute Gasteiger partial charge is 0.303 e. The minimum Gasteiger partial charge on any atom is -0.303 e. The first kappa shape index (κ1) is 16.6. The van der Waals surface area contributed by atoms with Gasteiger partial charge in [0.2, 0.25) is 0 Å².